The molecule has 0 aliphatic carbocycles. The monoisotopic (exact) mass is 387 g/mol. The smallest absolute Gasteiger partial charge is 0.262 e. The summed E-state index contributed by atoms with van der Waals surface area (Å²) in [7, 11) is -4.06. The molecule has 0 bridgehead atoms. The molecule has 0 fully saturated rings. The highest BCUT2D eigenvalue weighted by molar-refractivity contribution is 7.92. The van der Waals surface area contributed by atoms with Crippen LogP contribution in [-0.4, -0.2) is 8.42 Å². The first kappa shape index (κ1) is 19.0. The summed E-state index contributed by atoms with van der Waals surface area (Å²) in [6.45, 7) is 3.44. The van der Waals surface area contributed by atoms with Gasteiger partial charge in [-0.2, -0.15) is 0 Å². The lowest BCUT2D eigenvalue weighted by molar-refractivity contribution is 0.584. The van der Waals surface area contributed by atoms with Crippen molar-refractivity contribution in [3.8, 4) is 0 Å². The molecule has 0 saturated heterocycles. The van der Waals surface area contributed by atoms with Gasteiger partial charge in [0.1, 0.15) is 11.6 Å². The van der Waals surface area contributed by atoms with E-state index in [1.807, 2.05) is 6.92 Å². The van der Waals surface area contributed by atoms with Gasteiger partial charge in [0.2, 0.25) is 0 Å². The van der Waals surface area contributed by atoms with Crippen LogP contribution in [0.3, 0.4) is 0 Å². The molecule has 6 heteroatoms. The highest BCUT2D eigenvalue weighted by Gasteiger charge is 2.27. The second-order valence-corrected chi connectivity index (χ2v) is 8.22. The van der Waals surface area contributed by atoms with Gasteiger partial charge in [0.15, 0.2) is 0 Å². The van der Waals surface area contributed by atoms with E-state index in [-0.39, 0.29) is 11.4 Å². The topological polar surface area (TPSA) is 37.4 Å². The Bertz CT molecular complexity index is 1060. The quantitative estimate of drug-likeness (QED) is 0.619. The van der Waals surface area contributed by atoms with E-state index in [4.69, 9.17) is 0 Å². The van der Waals surface area contributed by atoms with E-state index in [2.05, 4.69) is 0 Å². The van der Waals surface area contributed by atoms with Gasteiger partial charge in [0.05, 0.1) is 17.1 Å². The van der Waals surface area contributed by atoms with Crippen LogP contribution in [0.5, 0.6) is 0 Å². The lowest BCUT2D eigenvalue weighted by Crippen LogP contribution is -2.31. The molecular formula is C21H19F2NO2S. The Labute approximate surface area is 157 Å². The van der Waals surface area contributed by atoms with E-state index in [9.17, 15) is 17.2 Å². The normalized spacial score (nSPS) is 11.4. The number of hydrogen-bond donors (Lipinski definition) is 0. The van der Waals surface area contributed by atoms with Gasteiger partial charge in [0, 0.05) is 0 Å². The average Bonchev–Trinajstić information content (AvgIpc) is 2.62. The van der Waals surface area contributed by atoms with Gasteiger partial charge in [-0.15, -0.1) is 0 Å². The molecule has 140 valence electrons. The second kappa shape index (κ2) is 7.48. The van der Waals surface area contributed by atoms with E-state index < -0.39 is 21.7 Å². The van der Waals surface area contributed by atoms with Gasteiger partial charge >= 0.3 is 0 Å². The molecule has 0 aliphatic heterocycles. The molecule has 0 spiro atoms. The van der Waals surface area contributed by atoms with Crippen molar-refractivity contribution >= 4 is 15.7 Å². The molecule has 0 N–H and O–H groups in total. The zero-order valence-corrected chi connectivity index (χ0v) is 15.8. The Hall–Kier alpha value is -2.73. The van der Waals surface area contributed by atoms with Gasteiger partial charge in [0.25, 0.3) is 10.0 Å². The third-order valence-electron chi connectivity index (χ3n) is 4.26. The lowest BCUT2D eigenvalue weighted by atomic mass is 10.2. The third-order valence-corrected chi connectivity index (χ3v) is 6.17. The van der Waals surface area contributed by atoms with E-state index in [1.54, 1.807) is 37.3 Å². The minimum atomic E-state index is -4.06. The van der Waals surface area contributed by atoms with Crippen LogP contribution in [0.1, 0.15) is 16.7 Å². The van der Waals surface area contributed by atoms with Crippen LogP contribution < -0.4 is 4.31 Å². The van der Waals surface area contributed by atoms with Crippen molar-refractivity contribution in [1.82, 2.24) is 0 Å². The molecule has 0 aromatic heterocycles. The van der Waals surface area contributed by atoms with Gasteiger partial charge in [-0.05, 0) is 61.4 Å². The number of nitrogens with zero attached hydrogens (tertiary/aromatic N) is 1. The molecule has 27 heavy (non-hydrogen) atoms. The summed E-state index contributed by atoms with van der Waals surface area (Å²) >= 11 is 0. The fourth-order valence-corrected chi connectivity index (χ4v) is 4.49. The number of aryl methyl sites for hydroxylation is 2. The summed E-state index contributed by atoms with van der Waals surface area (Å²) in [6, 6.07) is 16.4. The highest BCUT2D eigenvalue weighted by atomic mass is 32.2. The first-order valence-corrected chi connectivity index (χ1v) is 9.81. The minimum absolute atomic E-state index is 0.0703. The van der Waals surface area contributed by atoms with E-state index in [0.29, 0.717) is 16.8 Å². The number of benzene rings is 3. The highest BCUT2D eigenvalue weighted by Crippen LogP contribution is 2.28. The summed E-state index contributed by atoms with van der Waals surface area (Å²) in [5, 5.41) is 0. The van der Waals surface area contributed by atoms with Crippen LogP contribution in [0.25, 0.3) is 0 Å². The van der Waals surface area contributed by atoms with Crippen molar-refractivity contribution in [2.24, 2.45) is 0 Å². The molecule has 0 heterocycles. The van der Waals surface area contributed by atoms with Gasteiger partial charge in [-0.25, -0.2) is 17.2 Å². The van der Waals surface area contributed by atoms with Gasteiger partial charge < -0.3 is 0 Å². The Morgan fingerprint density at radius 1 is 0.852 bits per heavy atom. The summed E-state index contributed by atoms with van der Waals surface area (Å²) in [4.78, 5) is -0.112. The van der Waals surface area contributed by atoms with Crippen LogP contribution in [-0.2, 0) is 16.6 Å². The number of anilines is 1. The van der Waals surface area contributed by atoms with Crippen LogP contribution in [0.2, 0.25) is 0 Å². The standard InChI is InChI=1S/C21H19F2NO2S/c1-15-6-10-20(11-7-15)24(14-17-4-3-5-18(22)12-17)27(25,26)21-13-19(23)9-8-16(21)2/h3-13H,14H2,1-2H3. The molecular weight excluding hydrogens is 368 g/mol. The zero-order valence-electron chi connectivity index (χ0n) is 15.0. The Balaban J connectivity index is 2.13. The van der Waals surface area contributed by atoms with Crippen molar-refractivity contribution in [1.29, 1.82) is 0 Å². The van der Waals surface area contributed by atoms with Crippen LogP contribution in [0.4, 0.5) is 14.5 Å². The molecule has 0 radical (unpaired) electrons. The van der Waals surface area contributed by atoms with Crippen LogP contribution in [0, 0.1) is 25.5 Å². The van der Waals surface area contributed by atoms with Crippen molar-refractivity contribution < 1.29 is 17.2 Å². The van der Waals surface area contributed by atoms with Crippen molar-refractivity contribution in [3.63, 3.8) is 0 Å². The summed E-state index contributed by atoms with van der Waals surface area (Å²) in [5.41, 5.74) is 2.33. The molecule has 3 rings (SSSR count). The van der Waals surface area contributed by atoms with Crippen molar-refractivity contribution in [2.75, 3.05) is 4.31 Å². The fourth-order valence-electron chi connectivity index (χ4n) is 2.80. The van der Waals surface area contributed by atoms with E-state index >= 15 is 0 Å². The fraction of sp³-hybridized carbons (Fsp3) is 0.143. The number of rotatable bonds is 5. The Morgan fingerprint density at radius 2 is 1.52 bits per heavy atom. The SMILES string of the molecule is Cc1ccc(N(Cc2cccc(F)c2)S(=O)(=O)c2cc(F)ccc2C)cc1. The Morgan fingerprint density at radius 3 is 2.19 bits per heavy atom. The summed E-state index contributed by atoms with van der Waals surface area (Å²) < 4.78 is 55.2. The van der Waals surface area contributed by atoms with Crippen molar-refractivity contribution in [2.45, 2.75) is 25.3 Å². The first-order valence-electron chi connectivity index (χ1n) is 8.37. The van der Waals surface area contributed by atoms with Gasteiger partial charge in [-0.1, -0.05) is 35.9 Å². The third kappa shape index (κ3) is 4.17. The second-order valence-electron chi connectivity index (χ2n) is 6.39. The first-order chi connectivity index (χ1) is 12.8. The average molecular weight is 387 g/mol. The molecule has 3 aromatic rings. The molecule has 3 aromatic carbocycles. The summed E-state index contributed by atoms with van der Waals surface area (Å²) in [6.07, 6.45) is 0. The maximum absolute atomic E-state index is 13.7. The zero-order chi connectivity index (χ0) is 19.6. The largest absolute Gasteiger partial charge is 0.264 e. The molecule has 0 unspecified atom stereocenters. The van der Waals surface area contributed by atoms with E-state index in [0.717, 1.165) is 11.6 Å². The molecule has 0 amide bonds. The number of halogens is 2. The molecule has 0 atom stereocenters. The predicted molar refractivity (Wildman–Crippen MR) is 102 cm³/mol. The van der Waals surface area contributed by atoms with Crippen LogP contribution >= 0.6 is 0 Å². The lowest BCUT2D eigenvalue weighted by Gasteiger charge is -2.25. The molecule has 0 saturated carbocycles. The minimum Gasteiger partial charge on any atom is -0.262 e. The van der Waals surface area contributed by atoms with E-state index in [1.165, 1.54) is 34.6 Å². The maximum atomic E-state index is 13.7. The summed E-state index contributed by atoms with van der Waals surface area (Å²) in [5.74, 6) is -1.08. The number of hydrogen-bond acceptors (Lipinski definition) is 2. The predicted octanol–water partition coefficient (Wildman–Crippen LogP) is 4.98. The van der Waals surface area contributed by atoms with Crippen LogP contribution in [0.15, 0.2) is 71.6 Å². The number of sulfonamides is 1. The van der Waals surface area contributed by atoms with Crippen molar-refractivity contribution in [3.05, 3.63) is 95.1 Å². The molecule has 0 aliphatic rings. The maximum Gasteiger partial charge on any atom is 0.264 e. The van der Waals surface area contributed by atoms with Gasteiger partial charge in [-0.3, -0.25) is 4.31 Å². The molecule has 3 nitrogen and oxygen atoms in total. The Kier molecular flexibility index (Phi) is 5.28.